The van der Waals surface area contributed by atoms with Crippen molar-refractivity contribution in [1.82, 2.24) is 4.90 Å². The fourth-order valence-electron chi connectivity index (χ4n) is 3.07. The molecule has 1 heterocycles. The molecule has 2 aromatic rings. The van der Waals surface area contributed by atoms with Crippen LogP contribution >= 0.6 is 0 Å². The van der Waals surface area contributed by atoms with E-state index in [2.05, 4.69) is 10.1 Å². The summed E-state index contributed by atoms with van der Waals surface area (Å²) in [5, 5.41) is 2.70. The summed E-state index contributed by atoms with van der Waals surface area (Å²) >= 11 is 0. The number of esters is 1. The van der Waals surface area contributed by atoms with Crippen LogP contribution in [0.4, 0.5) is 5.69 Å². The van der Waals surface area contributed by atoms with Crippen molar-refractivity contribution in [2.24, 2.45) is 0 Å². The lowest BCUT2D eigenvalue weighted by atomic mass is 10.1. The van der Waals surface area contributed by atoms with Gasteiger partial charge < -0.3 is 10.1 Å². The van der Waals surface area contributed by atoms with Gasteiger partial charge in [0.1, 0.15) is 0 Å². The third kappa shape index (κ3) is 3.93. The Morgan fingerprint density at radius 1 is 1.04 bits per heavy atom. The molecule has 0 aliphatic carbocycles. The van der Waals surface area contributed by atoms with Crippen molar-refractivity contribution in [2.45, 2.75) is 19.8 Å². The molecule has 0 fully saturated rings. The van der Waals surface area contributed by atoms with E-state index in [-0.39, 0.29) is 30.7 Å². The number of fused-ring (bicyclic) bond motifs is 1. The van der Waals surface area contributed by atoms with Gasteiger partial charge in [0.2, 0.25) is 5.91 Å². The first-order valence-corrected chi connectivity index (χ1v) is 8.86. The molecule has 2 aromatic carbocycles. The van der Waals surface area contributed by atoms with E-state index in [4.69, 9.17) is 0 Å². The van der Waals surface area contributed by atoms with E-state index in [0.717, 1.165) is 5.56 Å². The minimum absolute atomic E-state index is 0.134. The Kier molecular flexibility index (Phi) is 5.54. The zero-order chi connectivity index (χ0) is 20.3. The van der Waals surface area contributed by atoms with Gasteiger partial charge in [0, 0.05) is 18.7 Å². The molecule has 0 unspecified atom stereocenters. The first-order chi connectivity index (χ1) is 13.4. The quantitative estimate of drug-likeness (QED) is 0.614. The Morgan fingerprint density at radius 3 is 2.54 bits per heavy atom. The maximum Gasteiger partial charge on any atom is 0.337 e. The molecular formula is C21H20N2O5. The van der Waals surface area contributed by atoms with Gasteiger partial charge in [-0.1, -0.05) is 17.7 Å². The number of imide groups is 1. The molecule has 3 rings (SSSR count). The van der Waals surface area contributed by atoms with Gasteiger partial charge >= 0.3 is 5.97 Å². The van der Waals surface area contributed by atoms with Gasteiger partial charge in [0.05, 0.1) is 23.8 Å². The third-order valence-corrected chi connectivity index (χ3v) is 4.48. The van der Waals surface area contributed by atoms with E-state index in [9.17, 15) is 19.2 Å². The standard InChI is InChI=1S/C21H20N2O5/c1-13-8-9-16-17(11-13)20(26)23(19(16)25)10-4-7-18(24)22-15-6-3-5-14(12-15)21(27)28-2/h3,5-6,8-9,11-12H,4,7,10H2,1-2H3,(H,22,24). The number of methoxy groups -OCH3 is 1. The Hall–Kier alpha value is -3.48. The highest BCUT2D eigenvalue weighted by molar-refractivity contribution is 6.21. The number of amides is 3. The van der Waals surface area contributed by atoms with Crippen LogP contribution in [0.1, 0.15) is 49.5 Å². The largest absolute Gasteiger partial charge is 0.465 e. The number of aryl methyl sites for hydroxylation is 1. The van der Waals surface area contributed by atoms with E-state index in [1.165, 1.54) is 18.1 Å². The summed E-state index contributed by atoms with van der Waals surface area (Å²) in [6, 6.07) is 11.6. The number of carbonyl (C=O) groups is 4. The smallest absolute Gasteiger partial charge is 0.337 e. The number of carbonyl (C=O) groups excluding carboxylic acids is 4. The predicted molar refractivity (Wildman–Crippen MR) is 102 cm³/mol. The van der Waals surface area contributed by atoms with Crippen molar-refractivity contribution in [3.63, 3.8) is 0 Å². The molecule has 0 spiro atoms. The number of ether oxygens (including phenoxy) is 1. The molecule has 28 heavy (non-hydrogen) atoms. The number of anilines is 1. The van der Waals surface area contributed by atoms with E-state index >= 15 is 0 Å². The highest BCUT2D eigenvalue weighted by Crippen LogP contribution is 2.24. The molecule has 3 amide bonds. The Labute approximate surface area is 162 Å². The summed E-state index contributed by atoms with van der Waals surface area (Å²) in [5.41, 5.74) is 2.54. The molecule has 1 aliphatic heterocycles. The molecule has 0 saturated carbocycles. The number of nitrogens with one attached hydrogen (secondary N) is 1. The molecule has 0 radical (unpaired) electrons. The van der Waals surface area contributed by atoms with Crippen LogP contribution in [0.25, 0.3) is 0 Å². The summed E-state index contributed by atoms with van der Waals surface area (Å²) in [4.78, 5) is 49.7. The van der Waals surface area contributed by atoms with Crippen molar-refractivity contribution in [1.29, 1.82) is 0 Å². The Morgan fingerprint density at radius 2 is 1.79 bits per heavy atom. The third-order valence-electron chi connectivity index (χ3n) is 4.48. The van der Waals surface area contributed by atoms with Gasteiger partial charge in [-0.05, 0) is 43.7 Å². The van der Waals surface area contributed by atoms with Crippen molar-refractivity contribution in [3.8, 4) is 0 Å². The lowest BCUT2D eigenvalue weighted by Crippen LogP contribution is -2.31. The van der Waals surface area contributed by atoms with Gasteiger partial charge in [-0.15, -0.1) is 0 Å². The maximum absolute atomic E-state index is 12.4. The molecule has 7 heteroatoms. The zero-order valence-electron chi connectivity index (χ0n) is 15.7. The van der Waals surface area contributed by atoms with Crippen LogP contribution in [-0.2, 0) is 9.53 Å². The highest BCUT2D eigenvalue weighted by Gasteiger charge is 2.34. The molecule has 144 valence electrons. The van der Waals surface area contributed by atoms with Crippen molar-refractivity contribution >= 4 is 29.4 Å². The number of rotatable bonds is 6. The molecule has 0 saturated heterocycles. The number of benzene rings is 2. The van der Waals surface area contributed by atoms with Gasteiger partial charge in [-0.3, -0.25) is 19.3 Å². The molecule has 1 aliphatic rings. The van der Waals surface area contributed by atoms with Crippen LogP contribution in [0.15, 0.2) is 42.5 Å². The number of hydrogen-bond acceptors (Lipinski definition) is 5. The topological polar surface area (TPSA) is 92.8 Å². The van der Waals surface area contributed by atoms with E-state index in [0.29, 0.717) is 28.8 Å². The average Bonchev–Trinajstić information content (AvgIpc) is 2.91. The van der Waals surface area contributed by atoms with Crippen LogP contribution in [-0.4, -0.2) is 42.2 Å². The number of nitrogens with zero attached hydrogens (tertiary/aromatic N) is 1. The fraction of sp³-hybridized carbons (Fsp3) is 0.238. The SMILES string of the molecule is COC(=O)c1cccc(NC(=O)CCCN2C(=O)c3ccc(C)cc3C2=O)c1. The summed E-state index contributed by atoms with van der Waals surface area (Å²) < 4.78 is 4.65. The van der Waals surface area contributed by atoms with Crippen molar-refractivity contribution in [3.05, 3.63) is 64.7 Å². The minimum atomic E-state index is -0.489. The Balaban J connectivity index is 1.54. The molecule has 0 aromatic heterocycles. The molecular weight excluding hydrogens is 360 g/mol. The van der Waals surface area contributed by atoms with Gasteiger partial charge in [-0.2, -0.15) is 0 Å². The molecule has 0 bridgehead atoms. The molecule has 7 nitrogen and oxygen atoms in total. The monoisotopic (exact) mass is 380 g/mol. The second-order valence-corrected chi connectivity index (χ2v) is 6.54. The second-order valence-electron chi connectivity index (χ2n) is 6.54. The normalized spacial score (nSPS) is 12.7. The average molecular weight is 380 g/mol. The van der Waals surface area contributed by atoms with Crippen LogP contribution < -0.4 is 5.32 Å². The van der Waals surface area contributed by atoms with Crippen molar-refractivity contribution < 1.29 is 23.9 Å². The molecule has 0 atom stereocenters. The lowest BCUT2D eigenvalue weighted by molar-refractivity contribution is -0.116. The van der Waals surface area contributed by atoms with Crippen molar-refractivity contribution in [2.75, 3.05) is 19.0 Å². The van der Waals surface area contributed by atoms with Gasteiger partial charge in [-0.25, -0.2) is 4.79 Å². The predicted octanol–water partition coefficient (Wildman–Crippen LogP) is 2.80. The van der Waals surface area contributed by atoms with Crippen LogP contribution in [0.3, 0.4) is 0 Å². The van der Waals surface area contributed by atoms with Crippen LogP contribution in [0.2, 0.25) is 0 Å². The first kappa shape index (κ1) is 19.3. The zero-order valence-corrected chi connectivity index (χ0v) is 15.7. The first-order valence-electron chi connectivity index (χ1n) is 8.86. The van der Waals surface area contributed by atoms with E-state index in [1.54, 1.807) is 36.4 Å². The van der Waals surface area contributed by atoms with E-state index in [1.807, 2.05) is 6.92 Å². The lowest BCUT2D eigenvalue weighted by Gasteiger charge is -2.13. The van der Waals surface area contributed by atoms with Crippen LogP contribution in [0, 0.1) is 6.92 Å². The van der Waals surface area contributed by atoms with Crippen LogP contribution in [0.5, 0.6) is 0 Å². The second kappa shape index (κ2) is 8.04. The van der Waals surface area contributed by atoms with Gasteiger partial charge in [0.15, 0.2) is 0 Å². The highest BCUT2D eigenvalue weighted by atomic mass is 16.5. The maximum atomic E-state index is 12.4. The summed E-state index contributed by atoms with van der Waals surface area (Å²) in [7, 11) is 1.29. The number of hydrogen-bond donors (Lipinski definition) is 1. The molecule has 1 N–H and O–H groups in total. The Bertz CT molecular complexity index is 967. The summed E-state index contributed by atoms with van der Waals surface area (Å²) in [6.45, 7) is 2.03. The van der Waals surface area contributed by atoms with E-state index < -0.39 is 5.97 Å². The summed E-state index contributed by atoms with van der Waals surface area (Å²) in [6.07, 6.45) is 0.474. The fourth-order valence-corrected chi connectivity index (χ4v) is 3.07. The minimum Gasteiger partial charge on any atom is -0.465 e. The summed E-state index contributed by atoms with van der Waals surface area (Å²) in [5.74, 6) is -1.41. The van der Waals surface area contributed by atoms with Gasteiger partial charge in [0.25, 0.3) is 11.8 Å².